The van der Waals surface area contributed by atoms with E-state index in [2.05, 4.69) is 25.5 Å². The minimum absolute atomic E-state index is 0.00408. The van der Waals surface area contributed by atoms with E-state index in [1.54, 1.807) is 30.3 Å². The number of halogens is 1. The van der Waals surface area contributed by atoms with Gasteiger partial charge in [-0.3, -0.25) is 9.48 Å². The highest BCUT2D eigenvalue weighted by Crippen LogP contribution is 2.26. The molecule has 1 amide bonds. The first kappa shape index (κ1) is 21.1. The Labute approximate surface area is 180 Å². The summed E-state index contributed by atoms with van der Waals surface area (Å²) in [6.45, 7) is 1.02. The van der Waals surface area contributed by atoms with E-state index in [4.69, 9.17) is 10.3 Å². The van der Waals surface area contributed by atoms with Crippen molar-refractivity contribution in [2.45, 2.75) is 19.3 Å². The van der Waals surface area contributed by atoms with Gasteiger partial charge in [-0.05, 0) is 19.1 Å². The molecule has 4 aromatic rings. The summed E-state index contributed by atoms with van der Waals surface area (Å²) in [4.78, 5) is 20.0. The Hall–Kier alpha value is -4.16. The number of amides is 1. The second-order valence-corrected chi connectivity index (χ2v) is 7.02. The van der Waals surface area contributed by atoms with Crippen LogP contribution in [0.4, 0.5) is 15.9 Å². The zero-order valence-electron chi connectivity index (χ0n) is 16.7. The fraction of sp³-hybridized carbons (Fsp3) is 0.150. The third-order valence-electron chi connectivity index (χ3n) is 4.48. The third kappa shape index (κ3) is 4.31. The molecule has 0 unspecified atom stereocenters. The summed E-state index contributed by atoms with van der Waals surface area (Å²) in [5.74, 6) is -4.05. The van der Waals surface area contributed by atoms with Crippen molar-refractivity contribution in [2.75, 3.05) is 11.1 Å². The molecule has 0 aliphatic heterocycles. The normalized spacial score (nSPS) is 11.5. The summed E-state index contributed by atoms with van der Waals surface area (Å²) in [5, 5.41) is 29.3. The number of carbonyl (C=O) groups excluding carboxylic acids is 1. The van der Waals surface area contributed by atoms with Gasteiger partial charge in [0, 0.05) is 11.6 Å². The summed E-state index contributed by atoms with van der Waals surface area (Å²) in [5.41, 5.74) is 7.63. The van der Waals surface area contributed by atoms with Crippen molar-refractivity contribution in [1.82, 2.24) is 24.9 Å². The van der Waals surface area contributed by atoms with Crippen molar-refractivity contribution in [3.05, 3.63) is 60.2 Å². The third-order valence-corrected chi connectivity index (χ3v) is 4.48. The monoisotopic (exact) mass is 439 g/mol. The number of carbonyl (C=O) groups is 1. The number of aliphatic hydroxyl groups is 2. The lowest BCUT2D eigenvalue weighted by molar-refractivity contribution is -0.172. The van der Waals surface area contributed by atoms with E-state index in [9.17, 15) is 19.4 Å². The standard InChI is InChI=1S/C20H18FN7O4/c1-20(30,31)19(29)24-15-9-23-18(25-17(15)22)14-8-16(13-6-7-32-27-13)28(26-14)10-11-4-2-3-5-12(11)21/h2-9,30-31H,10H2,1H3,(H,24,29)(H2,22,23,25). The van der Waals surface area contributed by atoms with Gasteiger partial charge in [0.15, 0.2) is 11.6 Å². The highest BCUT2D eigenvalue weighted by atomic mass is 19.1. The Bertz CT molecular complexity index is 1270. The van der Waals surface area contributed by atoms with Gasteiger partial charge in [-0.1, -0.05) is 23.4 Å². The number of hydrogen-bond donors (Lipinski definition) is 4. The van der Waals surface area contributed by atoms with Gasteiger partial charge in [-0.25, -0.2) is 14.4 Å². The van der Waals surface area contributed by atoms with Crippen LogP contribution in [0.3, 0.4) is 0 Å². The maximum atomic E-state index is 14.2. The van der Waals surface area contributed by atoms with Gasteiger partial charge < -0.3 is 25.8 Å². The average molecular weight is 439 g/mol. The molecule has 32 heavy (non-hydrogen) atoms. The molecule has 5 N–H and O–H groups in total. The van der Waals surface area contributed by atoms with Crippen molar-refractivity contribution in [2.24, 2.45) is 0 Å². The van der Waals surface area contributed by atoms with Crippen LogP contribution in [-0.4, -0.2) is 46.8 Å². The lowest BCUT2D eigenvalue weighted by Crippen LogP contribution is -2.39. The second kappa shape index (κ2) is 8.17. The van der Waals surface area contributed by atoms with Crippen molar-refractivity contribution < 1.29 is 23.9 Å². The molecule has 3 aromatic heterocycles. The number of benzene rings is 1. The smallest absolute Gasteiger partial charge is 0.284 e. The van der Waals surface area contributed by atoms with Crippen LogP contribution >= 0.6 is 0 Å². The van der Waals surface area contributed by atoms with Crippen LogP contribution in [0.15, 0.2) is 53.4 Å². The molecule has 0 atom stereocenters. The van der Waals surface area contributed by atoms with Crippen molar-refractivity contribution in [3.63, 3.8) is 0 Å². The number of aromatic nitrogens is 5. The Morgan fingerprint density at radius 1 is 1.28 bits per heavy atom. The van der Waals surface area contributed by atoms with E-state index in [0.717, 1.165) is 6.92 Å². The van der Waals surface area contributed by atoms with E-state index in [1.807, 2.05) is 0 Å². The maximum absolute atomic E-state index is 14.2. The molecule has 0 aliphatic carbocycles. The van der Waals surface area contributed by atoms with Crippen LogP contribution < -0.4 is 11.1 Å². The van der Waals surface area contributed by atoms with Gasteiger partial charge in [0.2, 0.25) is 5.79 Å². The molecule has 0 aliphatic rings. The zero-order chi connectivity index (χ0) is 22.9. The molecule has 0 saturated carbocycles. The molecule has 0 radical (unpaired) electrons. The largest absolute Gasteiger partial charge is 0.382 e. The molecule has 11 nitrogen and oxygen atoms in total. The Morgan fingerprint density at radius 3 is 2.72 bits per heavy atom. The summed E-state index contributed by atoms with van der Waals surface area (Å²) >= 11 is 0. The summed E-state index contributed by atoms with van der Waals surface area (Å²) in [7, 11) is 0. The molecule has 0 saturated heterocycles. The minimum Gasteiger partial charge on any atom is -0.382 e. The Balaban J connectivity index is 1.69. The number of nitrogens with zero attached hydrogens (tertiary/aromatic N) is 5. The number of nitrogens with one attached hydrogen (secondary N) is 1. The van der Waals surface area contributed by atoms with E-state index >= 15 is 0 Å². The molecular weight excluding hydrogens is 421 g/mol. The summed E-state index contributed by atoms with van der Waals surface area (Å²) in [6, 6.07) is 9.59. The summed E-state index contributed by atoms with van der Waals surface area (Å²) in [6.07, 6.45) is 2.62. The van der Waals surface area contributed by atoms with Gasteiger partial charge in [0.1, 0.15) is 29.2 Å². The van der Waals surface area contributed by atoms with Gasteiger partial charge in [-0.2, -0.15) is 5.10 Å². The van der Waals surface area contributed by atoms with Crippen LogP contribution in [-0.2, 0) is 11.3 Å². The molecule has 0 spiro atoms. The number of anilines is 2. The molecule has 164 valence electrons. The van der Waals surface area contributed by atoms with Crippen molar-refractivity contribution >= 4 is 17.4 Å². The van der Waals surface area contributed by atoms with Gasteiger partial charge in [0.25, 0.3) is 5.91 Å². The molecule has 0 bridgehead atoms. The fourth-order valence-electron chi connectivity index (χ4n) is 2.84. The number of hydrogen-bond acceptors (Lipinski definition) is 9. The number of nitrogen functional groups attached to an aromatic ring is 1. The van der Waals surface area contributed by atoms with E-state index < -0.39 is 11.7 Å². The Morgan fingerprint density at radius 2 is 2.06 bits per heavy atom. The molecule has 1 aromatic carbocycles. The van der Waals surface area contributed by atoms with Crippen LogP contribution in [0.2, 0.25) is 0 Å². The first-order valence-electron chi connectivity index (χ1n) is 9.33. The van der Waals surface area contributed by atoms with E-state index in [-0.39, 0.29) is 29.7 Å². The molecule has 4 rings (SSSR count). The average Bonchev–Trinajstić information content (AvgIpc) is 3.40. The zero-order valence-corrected chi connectivity index (χ0v) is 16.7. The van der Waals surface area contributed by atoms with Gasteiger partial charge in [-0.15, -0.1) is 0 Å². The SMILES string of the molecule is CC(O)(O)C(=O)Nc1cnc(-c2cc(-c3ccon3)n(Cc3ccccc3F)n2)nc1N. The van der Waals surface area contributed by atoms with Crippen molar-refractivity contribution in [3.8, 4) is 22.9 Å². The van der Waals surface area contributed by atoms with Crippen LogP contribution in [0.5, 0.6) is 0 Å². The van der Waals surface area contributed by atoms with Crippen LogP contribution in [0.25, 0.3) is 22.9 Å². The van der Waals surface area contributed by atoms with Crippen LogP contribution in [0.1, 0.15) is 12.5 Å². The quantitative estimate of drug-likeness (QED) is 0.325. The van der Waals surface area contributed by atoms with E-state index in [1.165, 1.54) is 23.2 Å². The molecular formula is C20H18FN7O4. The van der Waals surface area contributed by atoms with Gasteiger partial charge in [0.05, 0.1) is 18.4 Å². The van der Waals surface area contributed by atoms with E-state index in [0.29, 0.717) is 22.6 Å². The fourth-order valence-corrected chi connectivity index (χ4v) is 2.84. The first-order valence-corrected chi connectivity index (χ1v) is 9.33. The predicted octanol–water partition coefficient (Wildman–Crippen LogP) is 1.40. The summed E-state index contributed by atoms with van der Waals surface area (Å²) < 4.78 is 20.6. The molecule has 0 fully saturated rings. The lowest BCUT2D eigenvalue weighted by atomic mass is 10.2. The molecule has 12 heteroatoms. The minimum atomic E-state index is -2.59. The molecule has 3 heterocycles. The first-order chi connectivity index (χ1) is 15.2. The highest BCUT2D eigenvalue weighted by Gasteiger charge is 2.27. The predicted molar refractivity (Wildman–Crippen MR) is 110 cm³/mol. The number of rotatable bonds is 6. The topological polar surface area (TPSA) is 165 Å². The Kier molecular flexibility index (Phi) is 5.38. The highest BCUT2D eigenvalue weighted by molar-refractivity contribution is 5.97. The maximum Gasteiger partial charge on any atom is 0.284 e. The van der Waals surface area contributed by atoms with Gasteiger partial charge >= 0.3 is 0 Å². The van der Waals surface area contributed by atoms with Crippen molar-refractivity contribution in [1.29, 1.82) is 0 Å². The second-order valence-electron chi connectivity index (χ2n) is 7.02. The number of nitrogens with two attached hydrogens (primary N) is 1. The van der Waals surface area contributed by atoms with Crippen LogP contribution in [0, 0.1) is 5.82 Å². The lowest BCUT2D eigenvalue weighted by Gasteiger charge is -2.15.